The van der Waals surface area contributed by atoms with Crippen LogP contribution < -0.4 is 10.6 Å². The molecule has 2 heterocycles. The molecule has 2 rings (SSSR count). The first-order chi connectivity index (χ1) is 9.46. The lowest BCUT2D eigenvalue weighted by Gasteiger charge is -2.23. The van der Waals surface area contributed by atoms with Crippen molar-refractivity contribution >= 4 is 15.7 Å². The van der Waals surface area contributed by atoms with Gasteiger partial charge in [-0.05, 0) is 18.6 Å². The Hall–Kier alpha value is -1.47. The topological polar surface area (TPSA) is 88.2 Å². The van der Waals surface area contributed by atoms with Gasteiger partial charge in [0.25, 0.3) is 0 Å². The molecule has 1 saturated heterocycles. The zero-order chi connectivity index (χ0) is 14.6. The maximum Gasteiger partial charge on any atom is 0.221 e. The minimum atomic E-state index is -3.01. The molecule has 6 nitrogen and oxygen atoms in total. The Morgan fingerprint density at radius 3 is 3.05 bits per heavy atom. The van der Waals surface area contributed by atoms with Gasteiger partial charge in [0.1, 0.15) is 0 Å². The molecule has 1 fully saturated rings. The van der Waals surface area contributed by atoms with E-state index < -0.39 is 9.84 Å². The molecule has 1 aromatic heterocycles. The van der Waals surface area contributed by atoms with Crippen molar-refractivity contribution in [3.63, 3.8) is 0 Å². The van der Waals surface area contributed by atoms with Gasteiger partial charge in [-0.3, -0.25) is 9.78 Å². The van der Waals surface area contributed by atoms with E-state index >= 15 is 0 Å². The fourth-order valence-electron chi connectivity index (χ4n) is 2.18. The fraction of sp³-hybridized carbons (Fsp3) is 0.538. The maximum atomic E-state index is 11.8. The van der Waals surface area contributed by atoms with E-state index in [2.05, 4.69) is 15.6 Å². The van der Waals surface area contributed by atoms with Gasteiger partial charge in [-0.1, -0.05) is 6.07 Å². The summed E-state index contributed by atoms with van der Waals surface area (Å²) in [6, 6.07) is 3.49. The quantitative estimate of drug-likeness (QED) is 0.802. The lowest BCUT2D eigenvalue weighted by Crippen LogP contribution is -2.47. The lowest BCUT2D eigenvalue weighted by molar-refractivity contribution is -0.121. The average molecular weight is 297 g/mol. The summed E-state index contributed by atoms with van der Waals surface area (Å²) in [6.07, 6.45) is 1.86. The van der Waals surface area contributed by atoms with Crippen LogP contribution in [0.15, 0.2) is 18.3 Å². The molecule has 0 saturated carbocycles. The van der Waals surface area contributed by atoms with Gasteiger partial charge in [0, 0.05) is 25.2 Å². The smallest absolute Gasteiger partial charge is 0.221 e. The number of carbonyl (C=O) groups is 1. The standard InChI is InChI=1S/C13H19N3O3S/c1-10-3-2-4-15-12(10)8-16-13(17)7-11-9-20(18,19)6-5-14-11/h2-4,11,14H,5-9H2,1H3,(H,16,17). The third kappa shape index (κ3) is 4.28. The highest BCUT2D eigenvalue weighted by atomic mass is 32.2. The highest BCUT2D eigenvalue weighted by Crippen LogP contribution is 2.06. The van der Waals surface area contributed by atoms with Gasteiger partial charge in [-0.2, -0.15) is 0 Å². The number of hydrogen-bond donors (Lipinski definition) is 2. The van der Waals surface area contributed by atoms with E-state index in [0.717, 1.165) is 11.3 Å². The maximum absolute atomic E-state index is 11.8. The molecule has 7 heteroatoms. The zero-order valence-corrected chi connectivity index (χ0v) is 12.2. The first-order valence-electron chi connectivity index (χ1n) is 6.57. The van der Waals surface area contributed by atoms with Gasteiger partial charge < -0.3 is 10.6 Å². The zero-order valence-electron chi connectivity index (χ0n) is 11.4. The Balaban J connectivity index is 1.83. The van der Waals surface area contributed by atoms with Crippen molar-refractivity contribution in [2.24, 2.45) is 0 Å². The third-order valence-electron chi connectivity index (χ3n) is 3.30. The number of rotatable bonds is 4. The van der Waals surface area contributed by atoms with E-state index in [1.165, 1.54) is 0 Å². The summed E-state index contributed by atoms with van der Waals surface area (Å²) in [5, 5.41) is 5.84. The van der Waals surface area contributed by atoms with Gasteiger partial charge in [0.2, 0.25) is 5.91 Å². The molecule has 1 unspecified atom stereocenters. The summed E-state index contributed by atoms with van der Waals surface area (Å²) >= 11 is 0. The number of pyridine rings is 1. The van der Waals surface area contributed by atoms with Crippen LogP contribution in [0.5, 0.6) is 0 Å². The number of carbonyl (C=O) groups excluding carboxylic acids is 1. The number of nitrogens with one attached hydrogen (secondary N) is 2. The number of aromatic nitrogens is 1. The molecule has 0 spiro atoms. The second-order valence-corrected chi connectivity index (χ2v) is 7.24. The van der Waals surface area contributed by atoms with Gasteiger partial charge in [0.15, 0.2) is 9.84 Å². The molecule has 0 aliphatic carbocycles. The Labute approximate surface area is 118 Å². The molecule has 1 atom stereocenters. The van der Waals surface area contributed by atoms with E-state index in [1.807, 2.05) is 19.1 Å². The van der Waals surface area contributed by atoms with Crippen LogP contribution in [0.3, 0.4) is 0 Å². The van der Waals surface area contributed by atoms with Crippen LogP contribution in [0.25, 0.3) is 0 Å². The van der Waals surface area contributed by atoms with E-state index in [9.17, 15) is 13.2 Å². The number of sulfone groups is 1. The highest BCUT2D eigenvalue weighted by molar-refractivity contribution is 7.91. The molecule has 1 aliphatic heterocycles. The summed E-state index contributed by atoms with van der Waals surface area (Å²) < 4.78 is 23.0. The van der Waals surface area contributed by atoms with E-state index in [4.69, 9.17) is 0 Å². The van der Waals surface area contributed by atoms with Crippen LogP contribution >= 0.6 is 0 Å². The monoisotopic (exact) mass is 297 g/mol. The molecule has 0 bridgehead atoms. The second kappa shape index (κ2) is 6.32. The highest BCUT2D eigenvalue weighted by Gasteiger charge is 2.25. The number of nitrogens with zero attached hydrogens (tertiary/aromatic N) is 1. The van der Waals surface area contributed by atoms with Crippen LogP contribution in [0.4, 0.5) is 0 Å². The number of hydrogen-bond acceptors (Lipinski definition) is 5. The lowest BCUT2D eigenvalue weighted by atomic mass is 10.2. The SMILES string of the molecule is Cc1cccnc1CNC(=O)CC1CS(=O)(=O)CCN1. The van der Waals surface area contributed by atoms with Gasteiger partial charge in [-0.15, -0.1) is 0 Å². The molecular weight excluding hydrogens is 278 g/mol. The van der Waals surface area contributed by atoms with Crippen molar-refractivity contribution in [3.05, 3.63) is 29.6 Å². The first-order valence-corrected chi connectivity index (χ1v) is 8.39. The number of aryl methyl sites for hydroxylation is 1. The van der Waals surface area contributed by atoms with E-state index in [1.54, 1.807) is 6.20 Å². The fourth-order valence-corrected chi connectivity index (χ4v) is 3.62. The predicted molar refractivity (Wildman–Crippen MR) is 75.9 cm³/mol. The van der Waals surface area contributed by atoms with Gasteiger partial charge in [-0.25, -0.2) is 8.42 Å². The summed E-state index contributed by atoms with van der Waals surface area (Å²) in [6.45, 7) is 2.72. The predicted octanol–water partition coefficient (Wildman–Crippen LogP) is -0.217. The first kappa shape index (κ1) is 14.9. The van der Waals surface area contributed by atoms with Crippen molar-refractivity contribution in [2.75, 3.05) is 18.1 Å². The van der Waals surface area contributed by atoms with Crippen molar-refractivity contribution in [3.8, 4) is 0 Å². The number of amides is 1. The largest absolute Gasteiger partial charge is 0.350 e. The Morgan fingerprint density at radius 1 is 1.55 bits per heavy atom. The average Bonchev–Trinajstić information content (AvgIpc) is 2.36. The van der Waals surface area contributed by atoms with Gasteiger partial charge in [0.05, 0.1) is 23.7 Å². The normalized spacial score (nSPS) is 21.4. The summed E-state index contributed by atoms with van der Waals surface area (Å²) in [4.78, 5) is 16.0. The van der Waals surface area contributed by atoms with Gasteiger partial charge >= 0.3 is 0 Å². The van der Waals surface area contributed by atoms with Crippen LogP contribution in [0.1, 0.15) is 17.7 Å². The van der Waals surface area contributed by atoms with Crippen molar-refractivity contribution in [1.29, 1.82) is 0 Å². The van der Waals surface area contributed by atoms with Crippen molar-refractivity contribution in [1.82, 2.24) is 15.6 Å². The second-order valence-electron chi connectivity index (χ2n) is 5.01. The summed E-state index contributed by atoms with van der Waals surface area (Å²) in [5.41, 5.74) is 1.84. The van der Waals surface area contributed by atoms with Crippen LogP contribution in [0.2, 0.25) is 0 Å². The molecule has 2 N–H and O–H groups in total. The molecular formula is C13H19N3O3S. The van der Waals surface area contributed by atoms with E-state index in [0.29, 0.717) is 13.1 Å². The molecule has 20 heavy (non-hydrogen) atoms. The molecule has 0 radical (unpaired) electrons. The van der Waals surface area contributed by atoms with Crippen molar-refractivity contribution < 1.29 is 13.2 Å². The Bertz CT molecular complexity index is 586. The summed E-state index contributed by atoms with van der Waals surface area (Å²) in [7, 11) is -3.01. The van der Waals surface area contributed by atoms with Crippen LogP contribution in [-0.2, 0) is 21.2 Å². The molecule has 0 aromatic carbocycles. The minimum Gasteiger partial charge on any atom is -0.350 e. The molecule has 1 aromatic rings. The Kier molecular flexibility index (Phi) is 4.72. The van der Waals surface area contributed by atoms with Crippen molar-refractivity contribution in [2.45, 2.75) is 25.9 Å². The molecule has 1 amide bonds. The molecule has 1 aliphatic rings. The third-order valence-corrected chi connectivity index (χ3v) is 5.04. The van der Waals surface area contributed by atoms with Crippen LogP contribution in [-0.4, -0.2) is 43.4 Å². The summed E-state index contributed by atoms with van der Waals surface area (Å²) in [5.74, 6) is 0.0195. The van der Waals surface area contributed by atoms with Crippen LogP contribution in [0, 0.1) is 6.92 Å². The minimum absolute atomic E-state index is 0.0308. The molecule has 110 valence electrons. The Morgan fingerprint density at radius 2 is 2.35 bits per heavy atom. The van der Waals surface area contributed by atoms with E-state index in [-0.39, 0.29) is 29.9 Å².